The smallest absolute Gasteiger partial charge is 0.127 e. The van der Waals surface area contributed by atoms with E-state index in [-0.39, 0.29) is 22.9 Å². The van der Waals surface area contributed by atoms with Gasteiger partial charge in [-0.3, -0.25) is 9.98 Å². The number of aromatic hydroxyl groups is 2. The SMILES string of the molecule is CN1CCN(CCCc2cc(C(C)(C)C)cc(C=NC3CCCCC3N=Cc3cc(C(C)(C)C)cc(CCCN4CCN(C)CC4)c3O)c2O)CC1. The molecule has 2 aliphatic heterocycles. The van der Waals surface area contributed by atoms with Crippen molar-refractivity contribution < 1.29 is 10.2 Å². The van der Waals surface area contributed by atoms with Gasteiger partial charge in [0.1, 0.15) is 11.5 Å². The number of piperazine rings is 2. The molecule has 2 heterocycles. The van der Waals surface area contributed by atoms with Crippen LogP contribution in [0.3, 0.4) is 0 Å². The first-order valence-corrected chi connectivity index (χ1v) is 20.3. The minimum atomic E-state index is -0.0345. The predicted octanol–water partition coefficient (Wildman–Crippen LogP) is 6.90. The summed E-state index contributed by atoms with van der Waals surface area (Å²) < 4.78 is 0. The van der Waals surface area contributed by atoms with Crippen LogP contribution in [-0.2, 0) is 23.7 Å². The van der Waals surface area contributed by atoms with Crippen LogP contribution in [-0.4, -0.2) is 134 Å². The zero-order valence-electron chi connectivity index (χ0n) is 33.9. The highest BCUT2D eigenvalue weighted by Crippen LogP contribution is 2.34. The number of nitrogens with zero attached hydrogens (tertiary/aromatic N) is 6. The maximum Gasteiger partial charge on any atom is 0.127 e. The molecule has 2 saturated heterocycles. The lowest BCUT2D eigenvalue weighted by molar-refractivity contribution is 0.153. The summed E-state index contributed by atoms with van der Waals surface area (Å²) in [6.07, 6.45) is 11.8. The average Bonchev–Trinajstić information content (AvgIpc) is 3.09. The Bertz CT molecular complexity index is 1390. The Morgan fingerprint density at radius 2 is 0.962 bits per heavy atom. The van der Waals surface area contributed by atoms with Crippen molar-refractivity contribution in [1.29, 1.82) is 0 Å². The van der Waals surface area contributed by atoms with Crippen molar-refractivity contribution in [3.8, 4) is 11.5 Å². The van der Waals surface area contributed by atoms with Gasteiger partial charge in [-0.15, -0.1) is 0 Å². The van der Waals surface area contributed by atoms with Gasteiger partial charge < -0.3 is 29.8 Å². The molecule has 1 aliphatic carbocycles. The van der Waals surface area contributed by atoms with Crippen LogP contribution in [0.4, 0.5) is 0 Å². The van der Waals surface area contributed by atoms with Crippen LogP contribution in [0.1, 0.15) is 113 Å². The van der Waals surface area contributed by atoms with E-state index in [1.165, 1.54) is 11.1 Å². The number of phenols is 2. The minimum absolute atomic E-state index is 0.0345. The quantitative estimate of drug-likeness (QED) is 0.233. The predicted molar refractivity (Wildman–Crippen MR) is 219 cm³/mol. The van der Waals surface area contributed by atoms with E-state index in [9.17, 15) is 10.2 Å². The summed E-state index contributed by atoms with van der Waals surface area (Å²) in [6, 6.07) is 8.77. The van der Waals surface area contributed by atoms with E-state index in [4.69, 9.17) is 9.98 Å². The highest BCUT2D eigenvalue weighted by molar-refractivity contribution is 5.86. The number of hydrogen-bond donors (Lipinski definition) is 2. The third-order valence-corrected chi connectivity index (χ3v) is 11.7. The number of phenolic OH excluding ortho intramolecular Hbond substituents is 2. The largest absolute Gasteiger partial charge is 0.507 e. The lowest BCUT2D eigenvalue weighted by Crippen LogP contribution is -2.44. The van der Waals surface area contributed by atoms with E-state index in [0.29, 0.717) is 11.5 Å². The Balaban J connectivity index is 1.31. The standard InChI is InChI=1S/C44H70N6O2/c1-43(2,3)37-27-33(13-11-17-49-23-19-47(7)20-24-49)41(51)35(29-37)31-45-39-15-9-10-16-40(39)46-32-36-30-38(44(4,5)6)28-34(42(36)52)14-12-18-50-25-21-48(8)22-26-50/h27-32,39-40,51-52H,9-26H2,1-8H3. The second-order valence-corrected chi connectivity index (χ2v) is 18.1. The van der Waals surface area contributed by atoms with Crippen LogP contribution in [0.5, 0.6) is 11.5 Å². The fourth-order valence-electron chi connectivity index (χ4n) is 7.80. The molecule has 52 heavy (non-hydrogen) atoms. The first-order valence-electron chi connectivity index (χ1n) is 20.3. The number of aliphatic imine (C=N–C) groups is 2. The summed E-state index contributed by atoms with van der Waals surface area (Å²) in [5.74, 6) is 0.741. The Hall–Kier alpha value is -2.78. The molecule has 2 atom stereocenters. The van der Waals surface area contributed by atoms with E-state index in [0.717, 1.165) is 139 Å². The normalized spacial score (nSPS) is 22.2. The Morgan fingerprint density at radius 1 is 0.596 bits per heavy atom. The summed E-state index contributed by atoms with van der Waals surface area (Å²) in [7, 11) is 4.39. The van der Waals surface area contributed by atoms with Crippen molar-refractivity contribution >= 4 is 12.4 Å². The maximum atomic E-state index is 11.5. The molecule has 0 spiro atoms. The fourth-order valence-corrected chi connectivity index (χ4v) is 7.80. The first-order chi connectivity index (χ1) is 24.7. The van der Waals surface area contributed by atoms with Crippen LogP contribution in [0.15, 0.2) is 34.3 Å². The summed E-state index contributed by atoms with van der Waals surface area (Å²) in [5.41, 5.74) is 6.06. The molecular formula is C44H70N6O2. The van der Waals surface area contributed by atoms with Gasteiger partial charge in [0.25, 0.3) is 0 Å². The van der Waals surface area contributed by atoms with Crippen molar-refractivity contribution in [2.45, 2.75) is 116 Å². The molecular weight excluding hydrogens is 645 g/mol. The molecule has 2 unspecified atom stereocenters. The van der Waals surface area contributed by atoms with E-state index in [1.54, 1.807) is 0 Å². The van der Waals surface area contributed by atoms with Gasteiger partial charge in [-0.05, 0) is 111 Å². The molecule has 1 saturated carbocycles. The molecule has 5 rings (SSSR count). The van der Waals surface area contributed by atoms with Crippen LogP contribution >= 0.6 is 0 Å². The van der Waals surface area contributed by atoms with Crippen molar-refractivity contribution in [2.75, 3.05) is 79.5 Å². The van der Waals surface area contributed by atoms with Gasteiger partial charge in [0.2, 0.25) is 0 Å². The molecule has 2 aromatic carbocycles. The van der Waals surface area contributed by atoms with Gasteiger partial charge in [-0.1, -0.05) is 66.5 Å². The van der Waals surface area contributed by atoms with E-state index < -0.39 is 0 Å². The van der Waals surface area contributed by atoms with E-state index in [2.05, 4.69) is 99.5 Å². The number of likely N-dealkylation sites (N-methyl/N-ethyl adjacent to an activating group) is 2. The Labute approximate surface area is 316 Å². The van der Waals surface area contributed by atoms with Crippen LogP contribution in [0.25, 0.3) is 0 Å². The molecule has 8 nitrogen and oxygen atoms in total. The van der Waals surface area contributed by atoms with Gasteiger partial charge in [0.05, 0.1) is 12.1 Å². The number of benzene rings is 2. The van der Waals surface area contributed by atoms with Gasteiger partial charge in [0, 0.05) is 75.9 Å². The molecule has 8 heteroatoms. The molecule has 3 fully saturated rings. The maximum absolute atomic E-state index is 11.5. The molecule has 288 valence electrons. The average molecular weight is 715 g/mol. The van der Waals surface area contributed by atoms with Crippen LogP contribution < -0.4 is 0 Å². The molecule has 3 aliphatic rings. The molecule has 0 radical (unpaired) electrons. The highest BCUT2D eigenvalue weighted by atomic mass is 16.3. The molecule has 2 N–H and O–H groups in total. The second-order valence-electron chi connectivity index (χ2n) is 18.1. The first kappa shape index (κ1) is 40.4. The summed E-state index contributed by atoms with van der Waals surface area (Å²) in [6.45, 7) is 24.5. The summed E-state index contributed by atoms with van der Waals surface area (Å²) in [4.78, 5) is 20.2. The molecule has 2 aromatic rings. The second kappa shape index (κ2) is 18.0. The number of aryl methyl sites for hydroxylation is 2. The highest BCUT2D eigenvalue weighted by Gasteiger charge is 2.25. The van der Waals surface area contributed by atoms with Gasteiger partial charge in [-0.25, -0.2) is 0 Å². The van der Waals surface area contributed by atoms with E-state index in [1.807, 2.05) is 12.4 Å². The fraction of sp³-hybridized carbons (Fsp3) is 0.682. The summed E-state index contributed by atoms with van der Waals surface area (Å²) in [5, 5.41) is 23.0. The van der Waals surface area contributed by atoms with Crippen molar-refractivity contribution in [1.82, 2.24) is 19.6 Å². The lowest BCUT2D eigenvalue weighted by Gasteiger charge is -2.32. The summed E-state index contributed by atoms with van der Waals surface area (Å²) >= 11 is 0. The van der Waals surface area contributed by atoms with Crippen molar-refractivity contribution in [3.05, 3.63) is 57.6 Å². The molecule has 0 bridgehead atoms. The lowest BCUT2D eigenvalue weighted by atomic mass is 9.84. The third kappa shape index (κ3) is 11.4. The number of hydrogen-bond acceptors (Lipinski definition) is 8. The number of rotatable bonds is 12. The monoisotopic (exact) mass is 715 g/mol. The zero-order valence-corrected chi connectivity index (χ0v) is 33.9. The van der Waals surface area contributed by atoms with Gasteiger partial charge in [-0.2, -0.15) is 0 Å². The molecule has 0 amide bonds. The van der Waals surface area contributed by atoms with Crippen molar-refractivity contribution in [2.24, 2.45) is 9.98 Å². The Kier molecular flexibility index (Phi) is 14.0. The molecule has 0 aromatic heterocycles. The van der Waals surface area contributed by atoms with E-state index >= 15 is 0 Å². The minimum Gasteiger partial charge on any atom is -0.507 e. The zero-order chi connectivity index (χ0) is 37.5. The van der Waals surface area contributed by atoms with Crippen LogP contribution in [0, 0.1) is 0 Å². The Morgan fingerprint density at radius 3 is 1.31 bits per heavy atom. The van der Waals surface area contributed by atoms with Gasteiger partial charge in [0.15, 0.2) is 0 Å². The van der Waals surface area contributed by atoms with Crippen LogP contribution in [0.2, 0.25) is 0 Å². The third-order valence-electron chi connectivity index (χ3n) is 11.7. The topological polar surface area (TPSA) is 78.1 Å². The van der Waals surface area contributed by atoms with Gasteiger partial charge >= 0.3 is 0 Å². The van der Waals surface area contributed by atoms with Crippen molar-refractivity contribution in [3.63, 3.8) is 0 Å².